The van der Waals surface area contributed by atoms with Crippen LogP contribution in [0, 0.1) is 5.92 Å². The van der Waals surface area contributed by atoms with Crippen molar-refractivity contribution in [3.8, 4) is 0 Å². The normalized spacial score (nSPS) is 16.0. The number of benzene rings is 1. The molecular formula is C16H22Cl2N2O3S. The molecule has 1 N–H and O–H groups in total. The molecule has 0 unspecified atom stereocenters. The number of hydrogen-bond donors (Lipinski definition) is 1. The average Bonchev–Trinajstić information content (AvgIpc) is 2.49. The largest absolute Gasteiger partial charge is 0.354 e. The van der Waals surface area contributed by atoms with Crippen molar-refractivity contribution in [2.45, 2.75) is 32.1 Å². The molecule has 1 fully saturated rings. The van der Waals surface area contributed by atoms with Gasteiger partial charge in [0.25, 0.3) is 0 Å². The second kappa shape index (κ2) is 8.41. The zero-order valence-corrected chi connectivity index (χ0v) is 15.9. The van der Waals surface area contributed by atoms with Crippen LogP contribution in [0.3, 0.4) is 0 Å². The summed E-state index contributed by atoms with van der Waals surface area (Å²) < 4.78 is 25.1. The van der Waals surface area contributed by atoms with Gasteiger partial charge in [0.15, 0.2) is 0 Å². The first-order valence-corrected chi connectivity index (χ1v) is 10.6. The van der Waals surface area contributed by atoms with E-state index in [1.807, 2.05) is 0 Å². The summed E-state index contributed by atoms with van der Waals surface area (Å²) in [7, 11) is -3.63. The summed E-state index contributed by atoms with van der Waals surface area (Å²) in [4.78, 5) is 12.2. The van der Waals surface area contributed by atoms with E-state index in [9.17, 15) is 13.2 Å². The molecule has 0 atom stereocenters. The first kappa shape index (κ1) is 19.3. The van der Waals surface area contributed by atoms with E-state index in [1.54, 1.807) is 0 Å². The van der Waals surface area contributed by atoms with Gasteiger partial charge in [-0.05, 0) is 37.0 Å². The smallest absolute Gasteiger partial charge is 0.240 e. The van der Waals surface area contributed by atoms with E-state index in [1.165, 1.54) is 37.5 Å². The van der Waals surface area contributed by atoms with Crippen molar-refractivity contribution in [3.05, 3.63) is 28.2 Å². The van der Waals surface area contributed by atoms with Crippen LogP contribution in [0.4, 0.5) is 5.69 Å². The van der Waals surface area contributed by atoms with E-state index in [0.717, 1.165) is 23.4 Å². The van der Waals surface area contributed by atoms with Crippen LogP contribution in [0.1, 0.15) is 32.1 Å². The van der Waals surface area contributed by atoms with E-state index in [2.05, 4.69) is 5.32 Å². The van der Waals surface area contributed by atoms with Gasteiger partial charge < -0.3 is 5.32 Å². The maximum atomic E-state index is 12.2. The van der Waals surface area contributed by atoms with Crippen LogP contribution in [0.15, 0.2) is 18.2 Å². The van der Waals surface area contributed by atoms with Crippen LogP contribution in [0.2, 0.25) is 10.0 Å². The van der Waals surface area contributed by atoms with Gasteiger partial charge in [0, 0.05) is 16.6 Å². The molecule has 0 spiro atoms. The fourth-order valence-corrected chi connectivity index (χ4v) is 4.27. The molecular weight excluding hydrogens is 371 g/mol. The van der Waals surface area contributed by atoms with Crippen LogP contribution in [-0.4, -0.2) is 33.7 Å². The summed E-state index contributed by atoms with van der Waals surface area (Å²) in [5, 5.41) is 3.47. The first-order chi connectivity index (χ1) is 11.3. The standard InChI is InChI=1S/C16H22Cl2N2O3S/c1-24(22,23)20(15-8-13(17)7-14(18)9-15)11-16(21)19-10-12-5-3-2-4-6-12/h7-9,12H,2-6,10-11H2,1H3,(H,19,21). The Labute approximate surface area is 153 Å². The molecule has 1 aromatic carbocycles. The summed E-state index contributed by atoms with van der Waals surface area (Å²) in [6, 6.07) is 4.46. The third-order valence-corrected chi connectivity index (χ3v) is 5.71. The minimum atomic E-state index is -3.63. The van der Waals surface area contributed by atoms with Crippen LogP contribution in [0.5, 0.6) is 0 Å². The minimum absolute atomic E-state index is 0.280. The average molecular weight is 393 g/mol. The Balaban J connectivity index is 2.04. The summed E-state index contributed by atoms with van der Waals surface area (Å²) in [6.45, 7) is 0.301. The quantitative estimate of drug-likeness (QED) is 0.805. The van der Waals surface area contributed by atoms with E-state index in [4.69, 9.17) is 23.2 Å². The van der Waals surface area contributed by atoms with Gasteiger partial charge in [-0.2, -0.15) is 0 Å². The van der Waals surface area contributed by atoms with Crippen LogP contribution in [0.25, 0.3) is 0 Å². The number of sulfonamides is 1. The van der Waals surface area contributed by atoms with Gasteiger partial charge in [-0.25, -0.2) is 8.42 Å². The van der Waals surface area contributed by atoms with Gasteiger partial charge in [0.1, 0.15) is 6.54 Å². The van der Waals surface area contributed by atoms with Crippen LogP contribution in [-0.2, 0) is 14.8 Å². The molecule has 134 valence electrons. The molecule has 0 radical (unpaired) electrons. The van der Waals surface area contributed by atoms with Crippen molar-refractivity contribution >= 4 is 44.8 Å². The third-order valence-electron chi connectivity index (χ3n) is 4.14. The lowest BCUT2D eigenvalue weighted by atomic mass is 9.89. The second-order valence-corrected chi connectivity index (χ2v) is 8.99. The highest BCUT2D eigenvalue weighted by Gasteiger charge is 2.22. The number of hydrogen-bond acceptors (Lipinski definition) is 3. The van der Waals surface area contributed by atoms with Crippen molar-refractivity contribution < 1.29 is 13.2 Å². The number of nitrogens with zero attached hydrogens (tertiary/aromatic N) is 1. The van der Waals surface area contributed by atoms with Crippen LogP contribution < -0.4 is 9.62 Å². The van der Waals surface area contributed by atoms with Gasteiger partial charge in [-0.1, -0.05) is 42.5 Å². The minimum Gasteiger partial charge on any atom is -0.354 e. The number of halogens is 2. The zero-order chi connectivity index (χ0) is 17.7. The predicted molar refractivity (Wildman–Crippen MR) is 98.2 cm³/mol. The molecule has 0 bridgehead atoms. The summed E-state index contributed by atoms with van der Waals surface area (Å²) in [6.07, 6.45) is 6.91. The molecule has 5 nitrogen and oxygen atoms in total. The monoisotopic (exact) mass is 392 g/mol. The van der Waals surface area contributed by atoms with E-state index in [0.29, 0.717) is 22.5 Å². The topological polar surface area (TPSA) is 66.5 Å². The van der Waals surface area contributed by atoms with Gasteiger partial charge in [0.05, 0.1) is 11.9 Å². The lowest BCUT2D eigenvalue weighted by Crippen LogP contribution is -2.41. The first-order valence-electron chi connectivity index (χ1n) is 7.96. The maximum absolute atomic E-state index is 12.2. The SMILES string of the molecule is CS(=O)(=O)N(CC(=O)NCC1CCCCC1)c1cc(Cl)cc(Cl)c1. The molecule has 0 heterocycles. The molecule has 0 aliphatic heterocycles. The van der Waals surface area contributed by atoms with Crippen molar-refractivity contribution in [1.82, 2.24) is 5.32 Å². The molecule has 1 saturated carbocycles. The molecule has 1 aliphatic carbocycles. The number of amides is 1. The zero-order valence-electron chi connectivity index (χ0n) is 13.6. The highest BCUT2D eigenvalue weighted by Crippen LogP contribution is 2.27. The fourth-order valence-electron chi connectivity index (χ4n) is 2.92. The summed E-state index contributed by atoms with van der Waals surface area (Å²) >= 11 is 11.9. The Kier molecular flexibility index (Phi) is 6.78. The van der Waals surface area contributed by atoms with E-state index >= 15 is 0 Å². The number of carbonyl (C=O) groups excluding carboxylic acids is 1. The number of carbonyl (C=O) groups is 1. The van der Waals surface area contributed by atoms with E-state index in [-0.39, 0.29) is 18.1 Å². The molecule has 0 aromatic heterocycles. The fraction of sp³-hybridized carbons (Fsp3) is 0.562. The highest BCUT2D eigenvalue weighted by atomic mass is 35.5. The number of nitrogens with one attached hydrogen (secondary N) is 1. The number of rotatable bonds is 6. The molecule has 2 rings (SSSR count). The van der Waals surface area contributed by atoms with Crippen molar-refractivity contribution in [2.75, 3.05) is 23.7 Å². The Morgan fingerprint density at radius 1 is 1.17 bits per heavy atom. The van der Waals surface area contributed by atoms with Crippen molar-refractivity contribution in [3.63, 3.8) is 0 Å². The Bertz CT molecular complexity index is 668. The molecule has 8 heteroatoms. The third kappa shape index (κ3) is 5.83. The van der Waals surface area contributed by atoms with Gasteiger partial charge >= 0.3 is 0 Å². The molecule has 0 saturated heterocycles. The number of anilines is 1. The predicted octanol–water partition coefficient (Wildman–Crippen LogP) is 3.46. The lowest BCUT2D eigenvalue weighted by molar-refractivity contribution is -0.119. The van der Waals surface area contributed by atoms with Gasteiger partial charge in [-0.15, -0.1) is 0 Å². The summed E-state index contributed by atoms with van der Waals surface area (Å²) in [5.74, 6) is 0.150. The molecule has 1 amide bonds. The Morgan fingerprint density at radius 2 is 1.75 bits per heavy atom. The van der Waals surface area contributed by atoms with Gasteiger partial charge in [-0.3, -0.25) is 9.10 Å². The van der Waals surface area contributed by atoms with Crippen LogP contribution >= 0.6 is 23.2 Å². The Hall–Kier alpha value is -0.980. The lowest BCUT2D eigenvalue weighted by Gasteiger charge is -2.24. The molecule has 1 aromatic rings. The molecule has 1 aliphatic rings. The highest BCUT2D eigenvalue weighted by molar-refractivity contribution is 7.92. The second-order valence-electron chi connectivity index (χ2n) is 6.21. The van der Waals surface area contributed by atoms with Crippen molar-refractivity contribution in [2.24, 2.45) is 5.92 Å². The van der Waals surface area contributed by atoms with Crippen molar-refractivity contribution in [1.29, 1.82) is 0 Å². The molecule has 24 heavy (non-hydrogen) atoms. The Morgan fingerprint density at radius 3 is 2.29 bits per heavy atom. The maximum Gasteiger partial charge on any atom is 0.240 e. The van der Waals surface area contributed by atoms with E-state index < -0.39 is 10.0 Å². The van der Waals surface area contributed by atoms with Gasteiger partial charge in [0.2, 0.25) is 15.9 Å². The summed E-state index contributed by atoms with van der Waals surface area (Å²) in [5.41, 5.74) is 0.280.